The minimum absolute atomic E-state index is 0.165. The van der Waals surface area contributed by atoms with Crippen LogP contribution in [0.1, 0.15) is 58.3 Å². The van der Waals surface area contributed by atoms with E-state index >= 15 is 0 Å². The van der Waals surface area contributed by atoms with Crippen molar-refractivity contribution < 1.29 is 9.90 Å². The van der Waals surface area contributed by atoms with Gasteiger partial charge >= 0.3 is 0 Å². The molecule has 0 bridgehead atoms. The van der Waals surface area contributed by atoms with E-state index in [0.717, 1.165) is 32.1 Å². The molecule has 5 atom stereocenters. The standard InChI is InChI=1S/C19H24O2/c1-18-7-6-15-14-5-3-13(20)8-11(14)2-4-16(15)17(18)9-12-10-19(12,18)21/h8,12,16-17,21H,2-7,9-10H2,1H3/t12-,16+,17-,18-,19-/m0/s1. The summed E-state index contributed by atoms with van der Waals surface area (Å²) in [4.78, 5) is 11.7. The van der Waals surface area contributed by atoms with E-state index in [2.05, 4.69) is 6.92 Å². The molecule has 5 rings (SSSR count). The summed E-state index contributed by atoms with van der Waals surface area (Å²) in [5.74, 6) is 2.30. The molecule has 0 aromatic rings. The van der Waals surface area contributed by atoms with E-state index in [-0.39, 0.29) is 11.0 Å². The molecule has 3 fully saturated rings. The van der Waals surface area contributed by atoms with Crippen LogP contribution < -0.4 is 0 Å². The lowest BCUT2D eigenvalue weighted by molar-refractivity contribution is -0.114. The molecular weight excluding hydrogens is 260 g/mol. The quantitative estimate of drug-likeness (QED) is 0.738. The van der Waals surface area contributed by atoms with Gasteiger partial charge in [-0.2, -0.15) is 0 Å². The zero-order chi connectivity index (χ0) is 14.4. The van der Waals surface area contributed by atoms with E-state index < -0.39 is 0 Å². The number of hydrogen-bond donors (Lipinski definition) is 1. The lowest BCUT2D eigenvalue weighted by Gasteiger charge is -2.50. The lowest BCUT2D eigenvalue weighted by Crippen LogP contribution is -2.45. The highest BCUT2D eigenvalue weighted by Gasteiger charge is 2.73. The maximum atomic E-state index is 11.7. The molecule has 0 amide bonds. The van der Waals surface area contributed by atoms with E-state index in [4.69, 9.17) is 0 Å². The van der Waals surface area contributed by atoms with Crippen molar-refractivity contribution in [3.63, 3.8) is 0 Å². The largest absolute Gasteiger partial charge is 0.389 e. The second-order valence-corrected chi connectivity index (χ2v) is 8.37. The average molecular weight is 284 g/mol. The van der Waals surface area contributed by atoms with Crippen molar-refractivity contribution in [3.05, 3.63) is 22.8 Å². The first-order chi connectivity index (χ1) is 10.0. The minimum Gasteiger partial charge on any atom is -0.389 e. The Kier molecular flexibility index (Phi) is 2.23. The van der Waals surface area contributed by atoms with Gasteiger partial charge in [-0.05, 0) is 79.9 Å². The van der Waals surface area contributed by atoms with Crippen LogP contribution in [0.4, 0.5) is 0 Å². The summed E-state index contributed by atoms with van der Waals surface area (Å²) in [7, 11) is 0. The van der Waals surface area contributed by atoms with E-state index in [9.17, 15) is 9.90 Å². The molecule has 0 aliphatic heterocycles. The van der Waals surface area contributed by atoms with Crippen molar-refractivity contribution in [3.8, 4) is 0 Å². The van der Waals surface area contributed by atoms with Gasteiger partial charge in [-0.3, -0.25) is 4.79 Å². The van der Waals surface area contributed by atoms with Gasteiger partial charge in [0, 0.05) is 11.8 Å². The van der Waals surface area contributed by atoms with Crippen LogP contribution in [0, 0.1) is 23.2 Å². The fourth-order valence-corrected chi connectivity index (χ4v) is 6.43. The van der Waals surface area contributed by atoms with Crippen LogP contribution in [0.2, 0.25) is 0 Å². The third-order valence-electron chi connectivity index (χ3n) is 7.72. The summed E-state index contributed by atoms with van der Waals surface area (Å²) in [6, 6.07) is 0. The molecule has 0 saturated heterocycles. The molecule has 2 nitrogen and oxygen atoms in total. The Bertz CT molecular complexity index is 613. The number of carbonyl (C=O) groups is 1. The number of ketones is 1. The summed E-state index contributed by atoms with van der Waals surface area (Å²) < 4.78 is 0. The van der Waals surface area contributed by atoms with Crippen molar-refractivity contribution >= 4 is 5.78 Å². The molecule has 0 aromatic carbocycles. The first-order valence-corrected chi connectivity index (χ1v) is 8.71. The van der Waals surface area contributed by atoms with Crippen molar-refractivity contribution in [2.45, 2.75) is 63.9 Å². The summed E-state index contributed by atoms with van der Waals surface area (Å²) in [6.45, 7) is 2.36. The van der Waals surface area contributed by atoms with Gasteiger partial charge in [-0.15, -0.1) is 0 Å². The fraction of sp³-hybridized carbons (Fsp3) is 0.737. The zero-order valence-electron chi connectivity index (χ0n) is 12.8. The van der Waals surface area contributed by atoms with Crippen molar-refractivity contribution in [1.82, 2.24) is 0 Å². The average Bonchev–Trinajstić information content (AvgIpc) is 3.07. The Morgan fingerprint density at radius 1 is 1.24 bits per heavy atom. The van der Waals surface area contributed by atoms with Gasteiger partial charge in [0.05, 0.1) is 5.60 Å². The first-order valence-electron chi connectivity index (χ1n) is 8.71. The number of aliphatic hydroxyl groups is 1. The molecule has 112 valence electrons. The molecule has 0 aromatic heterocycles. The molecule has 0 heterocycles. The Morgan fingerprint density at radius 2 is 2.10 bits per heavy atom. The summed E-state index contributed by atoms with van der Waals surface area (Å²) in [6.07, 6.45) is 10.5. The molecule has 0 radical (unpaired) electrons. The maximum Gasteiger partial charge on any atom is 0.156 e. The van der Waals surface area contributed by atoms with Gasteiger partial charge in [-0.25, -0.2) is 0 Å². The monoisotopic (exact) mass is 284 g/mol. The summed E-state index contributed by atoms with van der Waals surface area (Å²) in [5.41, 5.74) is 4.40. The molecule has 5 aliphatic rings. The van der Waals surface area contributed by atoms with Gasteiger partial charge in [0.25, 0.3) is 0 Å². The molecule has 0 unspecified atom stereocenters. The van der Waals surface area contributed by atoms with Gasteiger partial charge in [0.1, 0.15) is 0 Å². The van der Waals surface area contributed by atoms with Gasteiger partial charge < -0.3 is 5.11 Å². The van der Waals surface area contributed by atoms with Crippen molar-refractivity contribution in [1.29, 1.82) is 0 Å². The second kappa shape index (κ2) is 3.71. The first kappa shape index (κ1) is 12.6. The zero-order valence-corrected chi connectivity index (χ0v) is 12.8. The van der Waals surface area contributed by atoms with Crippen LogP contribution in [0.5, 0.6) is 0 Å². The predicted molar refractivity (Wildman–Crippen MR) is 80.6 cm³/mol. The van der Waals surface area contributed by atoms with Crippen LogP contribution in [-0.4, -0.2) is 16.5 Å². The van der Waals surface area contributed by atoms with Crippen LogP contribution in [0.15, 0.2) is 22.8 Å². The summed E-state index contributed by atoms with van der Waals surface area (Å²) >= 11 is 0. The smallest absolute Gasteiger partial charge is 0.156 e. The van der Waals surface area contributed by atoms with Crippen LogP contribution in [0.3, 0.4) is 0 Å². The highest BCUT2D eigenvalue weighted by molar-refractivity contribution is 5.93. The Morgan fingerprint density at radius 3 is 2.95 bits per heavy atom. The van der Waals surface area contributed by atoms with Crippen LogP contribution >= 0.6 is 0 Å². The summed E-state index contributed by atoms with van der Waals surface area (Å²) in [5, 5.41) is 10.9. The van der Waals surface area contributed by atoms with E-state index in [0.29, 0.717) is 30.0 Å². The molecule has 3 saturated carbocycles. The third-order valence-corrected chi connectivity index (χ3v) is 7.72. The number of fused-ring (bicyclic) bond motifs is 6. The fourth-order valence-electron chi connectivity index (χ4n) is 6.43. The SMILES string of the molecule is C[C@]12CCC3=C4CCC(=O)C=C4CC[C@H]3[C@@H]1C[C@H]1C[C@]12O. The second-order valence-electron chi connectivity index (χ2n) is 8.37. The molecule has 21 heavy (non-hydrogen) atoms. The molecule has 1 N–H and O–H groups in total. The van der Waals surface area contributed by atoms with Crippen molar-refractivity contribution in [2.24, 2.45) is 23.2 Å². The molecule has 5 aliphatic carbocycles. The van der Waals surface area contributed by atoms with Gasteiger partial charge in [0.2, 0.25) is 0 Å². The van der Waals surface area contributed by atoms with Crippen LogP contribution in [-0.2, 0) is 4.79 Å². The minimum atomic E-state index is -0.327. The predicted octanol–water partition coefficient (Wildman–Crippen LogP) is 3.55. The Labute approximate surface area is 126 Å². The number of rotatable bonds is 0. The third kappa shape index (κ3) is 1.40. The number of allylic oxidation sites excluding steroid dienone is 4. The topological polar surface area (TPSA) is 37.3 Å². The highest BCUT2D eigenvalue weighted by atomic mass is 16.3. The normalized spacial score (nSPS) is 50.9. The van der Waals surface area contributed by atoms with Gasteiger partial charge in [-0.1, -0.05) is 12.5 Å². The maximum absolute atomic E-state index is 11.7. The van der Waals surface area contributed by atoms with Gasteiger partial charge in [0.15, 0.2) is 5.78 Å². The molecular formula is C19H24O2. The molecule has 2 heteroatoms. The molecule has 0 spiro atoms. The van der Waals surface area contributed by atoms with Crippen molar-refractivity contribution in [2.75, 3.05) is 0 Å². The number of hydrogen-bond acceptors (Lipinski definition) is 2. The Balaban J connectivity index is 1.57. The van der Waals surface area contributed by atoms with E-state index in [1.54, 1.807) is 11.1 Å². The van der Waals surface area contributed by atoms with E-state index in [1.807, 2.05) is 6.08 Å². The van der Waals surface area contributed by atoms with Crippen LogP contribution in [0.25, 0.3) is 0 Å². The lowest BCUT2D eigenvalue weighted by atomic mass is 9.55. The Hall–Kier alpha value is -0.890. The number of carbonyl (C=O) groups excluding carboxylic acids is 1. The van der Waals surface area contributed by atoms with E-state index in [1.165, 1.54) is 18.4 Å². The highest BCUT2D eigenvalue weighted by Crippen LogP contribution is 2.74.